The van der Waals surface area contributed by atoms with E-state index in [9.17, 15) is 14.4 Å². The first-order chi connectivity index (χ1) is 10.5. The second kappa shape index (κ2) is 13.3. The Hall–Kier alpha value is -1.39. The average Bonchev–Trinajstić information content (AvgIpc) is 2.39. The van der Waals surface area contributed by atoms with Crippen molar-refractivity contribution in [3.8, 4) is 0 Å². The van der Waals surface area contributed by atoms with Crippen LogP contribution in [0.25, 0.3) is 0 Å². The molecule has 0 heterocycles. The molecule has 0 fully saturated rings. The largest absolute Gasteiger partial charge is 0.462 e. The molecule has 0 amide bonds. The van der Waals surface area contributed by atoms with Gasteiger partial charge in [0.2, 0.25) is 0 Å². The molecule has 22 heavy (non-hydrogen) atoms. The Bertz CT molecular complexity index is 338. The zero-order valence-corrected chi connectivity index (χ0v) is 14.2. The fourth-order valence-corrected chi connectivity index (χ4v) is 2.33. The van der Waals surface area contributed by atoms with Gasteiger partial charge in [-0.05, 0) is 12.8 Å². The third-order valence-corrected chi connectivity index (χ3v) is 3.36. The summed E-state index contributed by atoms with van der Waals surface area (Å²) >= 11 is 0. The molecule has 0 aliphatic rings. The maximum absolute atomic E-state index is 11.4. The molecule has 1 unspecified atom stereocenters. The zero-order chi connectivity index (χ0) is 16.8. The van der Waals surface area contributed by atoms with Crippen molar-refractivity contribution in [2.45, 2.75) is 91.1 Å². The van der Waals surface area contributed by atoms with E-state index in [-0.39, 0.29) is 6.42 Å². The number of ether oxygens (including phenoxy) is 2. The summed E-state index contributed by atoms with van der Waals surface area (Å²) in [7, 11) is 0. The van der Waals surface area contributed by atoms with E-state index < -0.39 is 24.0 Å². The van der Waals surface area contributed by atoms with Crippen LogP contribution in [-0.2, 0) is 23.9 Å². The SMILES string of the molecule is CCCCCCCCCCC(CC(=O)OC(C)=O)OC(C)=O. The lowest BCUT2D eigenvalue weighted by atomic mass is 10.0. The van der Waals surface area contributed by atoms with Crippen LogP contribution in [-0.4, -0.2) is 24.0 Å². The van der Waals surface area contributed by atoms with Gasteiger partial charge in [-0.3, -0.25) is 14.4 Å². The molecule has 0 spiro atoms. The summed E-state index contributed by atoms with van der Waals surface area (Å²) in [5, 5.41) is 0. The molecule has 128 valence electrons. The monoisotopic (exact) mass is 314 g/mol. The van der Waals surface area contributed by atoms with Crippen molar-refractivity contribution >= 4 is 17.9 Å². The van der Waals surface area contributed by atoms with Crippen molar-refractivity contribution < 1.29 is 23.9 Å². The molecule has 0 saturated heterocycles. The third-order valence-electron chi connectivity index (χ3n) is 3.36. The van der Waals surface area contributed by atoms with Crippen LogP contribution in [0.3, 0.4) is 0 Å². The van der Waals surface area contributed by atoms with E-state index in [0.29, 0.717) is 6.42 Å². The fourth-order valence-electron chi connectivity index (χ4n) is 2.33. The van der Waals surface area contributed by atoms with Gasteiger partial charge < -0.3 is 9.47 Å². The van der Waals surface area contributed by atoms with Crippen LogP contribution in [0.15, 0.2) is 0 Å². The second-order valence-electron chi connectivity index (χ2n) is 5.66. The zero-order valence-electron chi connectivity index (χ0n) is 14.2. The number of unbranched alkanes of at least 4 members (excludes halogenated alkanes) is 7. The van der Waals surface area contributed by atoms with E-state index >= 15 is 0 Å². The molecule has 0 saturated carbocycles. The fraction of sp³-hybridized carbons (Fsp3) is 0.824. The summed E-state index contributed by atoms with van der Waals surface area (Å²) < 4.78 is 9.59. The highest BCUT2D eigenvalue weighted by Gasteiger charge is 2.18. The number of hydrogen-bond acceptors (Lipinski definition) is 5. The van der Waals surface area contributed by atoms with Gasteiger partial charge in [0, 0.05) is 13.8 Å². The average molecular weight is 314 g/mol. The van der Waals surface area contributed by atoms with Crippen LogP contribution in [0, 0.1) is 0 Å². The first-order valence-corrected chi connectivity index (χ1v) is 8.34. The Balaban J connectivity index is 3.87. The summed E-state index contributed by atoms with van der Waals surface area (Å²) in [6.45, 7) is 4.70. The van der Waals surface area contributed by atoms with Gasteiger partial charge in [0.1, 0.15) is 6.10 Å². The molecule has 5 heteroatoms. The molecule has 0 N–H and O–H groups in total. The van der Waals surface area contributed by atoms with Crippen molar-refractivity contribution in [2.75, 3.05) is 0 Å². The van der Waals surface area contributed by atoms with Gasteiger partial charge in [-0.2, -0.15) is 0 Å². The lowest BCUT2D eigenvalue weighted by Crippen LogP contribution is -2.22. The topological polar surface area (TPSA) is 69.7 Å². The summed E-state index contributed by atoms with van der Waals surface area (Å²) in [6.07, 6.45) is 9.54. The first-order valence-electron chi connectivity index (χ1n) is 8.34. The van der Waals surface area contributed by atoms with Crippen molar-refractivity contribution in [1.82, 2.24) is 0 Å². The van der Waals surface area contributed by atoms with Crippen molar-refractivity contribution in [2.24, 2.45) is 0 Å². The Morgan fingerprint density at radius 1 is 0.818 bits per heavy atom. The van der Waals surface area contributed by atoms with Crippen molar-refractivity contribution in [1.29, 1.82) is 0 Å². The van der Waals surface area contributed by atoms with Gasteiger partial charge in [-0.1, -0.05) is 51.9 Å². The van der Waals surface area contributed by atoms with Crippen LogP contribution < -0.4 is 0 Å². The smallest absolute Gasteiger partial charge is 0.317 e. The molecule has 0 aromatic carbocycles. The quantitative estimate of drug-likeness (QED) is 0.310. The highest BCUT2D eigenvalue weighted by molar-refractivity contribution is 5.84. The minimum atomic E-state index is -0.640. The molecule has 0 bridgehead atoms. The summed E-state index contributed by atoms with van der Waals surface area (Å²) in [6, 6.07) is 0. The minimum absolute atomic E-state index is 0.0599. The summed E-state index contributed by atoms with van der Waals surface area (Å²) in [5.74, 6) is -1.70. The maximum Gasteiger partial charge on any atom is 0.317 e. The van der Waals surface area contributed by atoms with E-state index in [1.807, 2.05) is 0 Å². The molecule has 0 aliphatic heterocycles. The number of hydrogen-bond donors (Lipinski definition) is 0. The van der Waals surface area contributed by atoms with E-state index in [2.05, 4.69) is 11.7 Å². The van der Waals surface area contributed by atoms with Crippen LogP contribution in [0.2, 0.25) is 0 Å². The highest BCUT2D eigenvalue weighted by atomic mass is 16.6. The molecule has 0 rings (SSSR count). The van der Waals surface area contributed by atoms with E-state index in [1.54, 1.807) is 0 Å². The second-order valence-corrected chi connectivity index (χ2v) is 5.66. The van der Waals surface area contributed by atoms with Gasteiger partial charge in [0.15, 0.2) is 0 Å². The number of carbonyl (C=O) groups is 3. The lowest BCUT2D eigenvalue weighted by Gasteiger charge is -2.15. The van der Waals surface area contributed by atoms with Crippen LogP contribution in [0.5, 0.6) is 0 Å². The predicted molar refractivity (Wildman–Crippen MR) is 84.2 cm³/mol. The van der Waals surface area contributed by atoms with Gasteiger partial charge in [0.05, 0.1) is 6.42 Å². The Morgan fingerprint density at radius 3 is 1.86 bits per heavy atom. The van der Waals surface area contributed by atoms with Gasteiger partial charge in [0.25, 0.3) is 0 Å². The van der Waals surface area contributed by atoms with Gasteiger partial charge in [-0.15, -0.1) is 0 Å². The minimum Gasteiger partial charge on any atom is -0.462 e. The molecular formula is C17H30O5. The molecule has 0 aliphatic carbocycles. The highest BCUT2D eigenvalue weighted by Crippen LogP contribution is 2.14. The normalized spacial score (nSPS) is 11.8. The lowest BCUT2D eigenvalue weighted by molar-refractivity contribution is -0.161. The number of esters is 3. The van der Waals surface area contributed by atoms with E-state index in [0.717, 1.165) is 19.3 Å². The Morgan fingerprint density at radius 2 is 1.36 bits per heavy atom. The van der Waals surface area contributed by atoms with Crippen molar-refractivity contribution in [3.05, 3.63) is 0 Å². The molecule has 1 atom stereocenters. The molecule has 5 nitrogen and oxygen atoms in total. The Kier molecular flexibility index (Phi) is 12.4. The van der Waals surface area contributed by atoms with Gasteiger partial charge in [-0.25, -0.2) is 0 Å². The Labute approximate surface area is 133 Å². The maximum atomic E-state index is 11.4. The van der Waals surface area contributed by atoms with Gasteiger partial charge >= 0.3 is 17.9 Å². The van der Waals surface area contributed by atoms with E-state index in [1.165, 1.54) is 46.0 Å². The molecule has 0 aromatic heterocycles. The summed E-state index contributed by atoms with van der Waals surface area (Å²) in [5.41, 5.74) is 0. The first kappa shape index (κ1) is 20.6. The number of rotatable bonds is 12. The number of carbonyl (C=O) groups excluding carboxylic acids is 3. The van der Waals surface area contributed by atoms with Crippen LogP contribution in [0.1, 0.15) is 85.0 Å². The molecule has 0 radical (unpaired) electrons. The molecule has 0 aromatic rings. The third kappa shape index (κ3) is 13.6. The predicted octanol–water partition coefficient (Wildman–Crippen LogP) is 3.93. The molecular weight excluding hydrogens is 284 g/mol. The standard InChI is InChI=1S/C17H30O5/c1-4-5-6-7-8-9-10-11-12-16(21-14(2)18)13-17(20)22-15(3)19/h16H,4-13H2,1-3H3. The van der Waals surface area contributed by atoms with E-state index in [4.69, 9.17) is 4.74 Å². The van der Waals surface area contributed by atoms with Crippen LogP contribution >= 0.6 is 0 Å². The summed E-state index contributed by atoms with van der Waals surface area (Å²) in [4.78, 5) is 33.2. The van der Waals surface area contributed by atoms with Crippen molar-refractivity contribution in [3.63, 3.8) is 0 Å². The van der Waals surface area contributed by atoms with Crippen LogP contribution in [0.4, 0.5) is 0 Å².